The molecular formula is C19H30IN3O5. The Balaban J connectivity index is 0.00000392. The van der Waals surface area contributed by atoms with Crippen molar-refractivity contribution >= 4 is 35.9 Å². The van der Waals surface area contributed by atoms with E-state index in [0.717, 1.165) is 18.1 Å². The molecule has 1 fully saturated rings. The maximum absolute atomic E-state index is 11.9. The summed E-state index contributed by atoms with van der Waals surface area (Å²) in [6.07, 6.45) is 0. The van der Waals surface area contributed by atoms with Crippen LogP contribution >= 0.6 is 24.0 Å². The number of hydrogen-bond donors (Lipinski definition) is 1. The molecule has 2 atom stereocenters. The third-order valence-electron chi connectivity index (χ3n) is 4.80. The highest BCUT2D eigenvalue weighted by molar-refractivity contribution is 14.0. The molecule has 2 unspecified atom stereocenters. The van der Waals surface area contributed by atoms with Gasteiger partial charge < -0.3 is 29.2 Å². The predicted molar refractivity (Wildman–Crippen MR) is 118 cm³/mol. The lowest BCUT2D eigenvalue weighted by molar-refractivity contribution is -0.145. The molecule has 1 aliphatic rings. The molecule has 0 aliphatic carbocycles. The van der Waals surface area contributed by atoms with Crippen LogP contribution in [0.5, 0.6) is 17.2 Å². The first-order chi connectivity index (χ1) is 13.0. The maximum Gasteiger partial charge on any atom is 0.310 e. The molecule has 1 aromatic carbocycles. The van der Waals surface area contributed by atoms with E-state index >= 15 is 0 Å². The number of aliphatic imine (C=N–C) groups is 1. The summed E-state index contributed by atoms with van der Waals surface area (Å²) in [4.78, 5) is 18.3. The highest BCUT2D eigenvalue weighted by Crippen LogP contribution is 2.38. The van der Waals surface area contributed by atoms with Crippen LogP contribution in [-0.2, 0) is 16.1 Å². The number of nitrogens with zero attached hydrogens (tertiary/aromatic N) is 2. The molecular weight excluding hydrogens is 477 g/mol. The average molecular weight is 507 g/mol. The van der Waals surface area contributed by atoms with E-state index in [-0.39, 0.29) is 41.8 Å². The van der Waals surface area contributed by atoms with Gasteiger partial charge in [-0.3, -0.25) is 9.79 Å². The molecule has 9 heteroatoms. The first kappa shape index (κ1) is 24.1. The molecule has 28 heavy (non-hydrogen) atoms. The molecule has 1 N–H and O–H groups in total. The zero-order valence-electron chi connectivity index (χ0n) is 17.3. The van der Waals surface area contributed by atoms with Crippen molar-refractivity contribution in [2.45, 2.75) is 13.5 Å². The molecule has 0 spiro atoms. The summed E-state index contributed by atoms with van der Waals surface area (Å²) < 4.78 is 21.0. The Morgan fingerprint density at radius 1 is 1.14 bits per heavy atom. The molecule has 8 nitrogen and oxygen atoms in total. The van der Waals surface area contributed by atoms with Crippen LogP contribution in [0.1, 0.15) is 12.5 Å². The molecule has 2 rings (SSSR count). The number of guanidine groups is 1. The number of carbonyl (C=O) groups is 1. The molecule has 0 radical (unpaired) electrons. The lowest BCUT2D eigenvalue weighted by Crippen LogP contribution is -2.40. The van der Waals surface area contributed by atoms with Gasteiger partial charge in [-0.25, -0.2) is 0 Å². The van der Waals surface area contributed by atoms with Gasteiger partial charge in [-0.1, -0.05) is 6.92 Å². The van der Waals surface area contributed by atoms with Crippen LogP contribution in [0.15, 0.2) is 17.1 Å². The quantitative estimate of drug-likeness (QED) is 0.274. The lowest BCUT2D eigenvalue weighted by atomic mass is 9.99. The highest BCUT2D eigenvalue weighted by Gasteiger charge is 2.36. The summed E-state index contributed by atoms with van der Waals surface area (Å²) in [6.45, 7) is 3.91. The molecule has 158 valence electrons. The van der Waals surface area contributed by atoms with Gasteiger partial charge >= 0.3 is 5.97 Å². The van der Waals surface area contributed by atoms with E-state index in [0.29, 0.717) is 30.3 Å². The number of ether oxygens (including phenoxy) is 4. The molecule has 1 aromatic rings. The van der Waals surface area contributed by atoms with Crippen molar-refractivity contribution in [1.29, 1.82) is 0 Å². The average Bonchev–Trinajstić information content (AvgIpc) is 3.08. The van der Waals surface area contributed by atoms with Crippen molar-refractivity contribution in [2.75, 3.05) is 48.6 Å². The van der Waals surface area contributed by atoms with E-state index in [9.17, 15) is 4.79 Å². The molecule has 1 aliphatic heterocycles. The van der Waals surface area contributed by atoms with Crippen LogP contribution in [0.2, 0.25) is 0 Å². The molecule has 0 aromatic heterocycles. The monoisotopic (exact) mass is 507 g/mol. The summed E-state index contributed by atoms with van der Waals surface area (Å²) in [5, 5.41) is 3.34. The van der Waals surface area contributed by atoms with Gasteiger partial charge in [0.1, 0.15) is 0 Å². The predicted octanol–water partition coefficient (Wildman–Crippen LogP) is 2.15. The normalized spacial score (nSPS) is 18.9. The van der Waals surface area contributed by atoms with E-state index < -0.39 is 0 Å². The Kier molecular flexibility index (Phi) is 9.63. The Bertz CT molecular complexity index is 673. The summed E-state index contributed by atoms with van der Waals surface area (Å²) in [5.41, 5.74) is 0.961. The maximum atomic E-state index is 11.9. The Morgan fingerprint density at radius 3 is 2.21 bits per heavy atom. The minimum atomic E-state index is -0.176. The highest BCUT2D eigenvalue weighted by atomic mass is 127. The van der Waals surface area contributed by atoms with Gasteiger partial charge in [-0.2, -0.15) is 0 Å². The number of likely N-dealkylation sites (tertiary alicyclic amines) is 1. The van der Waals surface area contributed by atoms with Gasteiger partial charge in [0.25, 0.3) is 0 Å². The first-order valence-electron chi connectivity index (χ1n) is 8.81. The first-order valence-corrected chi connectivity index (χ1v) is 8.81. The summed E-state index contributed by atoms with van der Waals surface area (Å²) in [7, 11) is 7.91. The number of benzene rings is 1. The molecule has 0 bridgehead atoms. The third kappa shape index (κ3) is 5.33. The van der Waals surface area contributed by atoms with Gasteiger partial charge in [0, 0.05) is 26.7 Å². The van der Waals surface area contributed by atoms with Gasteiger partial charge in [0.2, 0.25) is 5.75 Å². The van der Waals surface area contributed by atoms with Gasteiger partial charge in [0.15, 0.2) is 17.5 Å². The van der Waals surface area contributed by atoms with Crippen molar-refractivity contribution in [3.8, 4) is 17.2 Å². The second-order valence-corrected chi connectivity index (χ2v) is 6.45. The van der Waals surface area contributed by atoms with Crippen LogP contribution in [0, 0.1) is 11.8 Å². The Labute approximate surface area is 183 Å². The summed E-state index contributed by atoms with van der Waals surface area (Å²) in [5.74, 6) is 2.38. The van der Waals surface area contributed by atoms with E-state index in [2.05, 4.69) is 15.2 Å². The molecule has 0 saturated carbocycles. The topological polar surface area (TPSA) is 81.6 Å². The number of rotatable bonds is 6. The van der Waals surface area contributed by atoms with Crippen molar-refractivity contribution < 1.29 is 23.7 Å². The van der Waals surface area contributed by atoms with Crippen molar-refractivity contribution in [1.82, 2.24) is 10.2 Å². The minimum Gasteiger partial charge on any atom is -0.493 e. The van der Waals surface area contributed by atoms with E-state index in [1.54, 1.807) is 28.4 Å². The van der Waals surface area contributed by atoms with Gasteiger partial charge in [-0.15, -0.1) is 24.0 Å². The standard InChI is InChI=1S/C19H29N3O5.HI/c1-12-10-22(11-14(12)18(23)27-6)19(20-2)21-9-13-7-15(24-3)17(26-5)16(8-13)25-4;/h7-8,12,14H,9-11H2,1-6H3,(H,20,21);1H. The van der Waals surface area contributed by atoms with E-state index in [4.69, 9.17) is 18.9 Å². The fraction of sp³-hybridized carbons (Fsp3) is 0.579. The minimum absolute atomic E-state index is 0. The number of halogens is 1. The molecule has 1 saturated heterocycles. The van der Waals surface area contributed by atoms with Crippen LogP contribution in [0.4, 0.5) is 0 Å². The Hall–Kier alpha value is -1.91. The largest absolute Gasteiger partial charge is 0.493 e. The van der Waals surface area contributed by atoms with Crippen LogP contribution < -0.4 is 19.5 Å². The van der Waals surface area contributed by atoms with Crippen LogP contribution in [0.3, 0.4) is 0 Å². The summed E-state index contributed by atoms with van der Waals surface area (Å²) >= 11 is 0. The number of hydrogen-bond acceptors (Lipinski definition) is 6. The number of esters is 1. The summed E-state index contributed by atoms with van der Waals surface area (Å²) in [6, 6.07) is 3.79. The van der Waals surface area contributed by atoms with Crippen molar-refractivity contribution in [2.24, 2.45) is 16.8 Å². The van der Waals surface area contributed by atoms with Crippen LogP contribution in [0.25, 0.3) is 0 Å². The molecule has 0 amide bonds. The second kappa shape index (κ2) is 11.2. The third-order valence-corrected chi connectivity index (χ3v) is 4.80. The zero-order valence-corrected chi connectivity index (χ0v) is 19.6. The van der Waals surface area contributed by atoms with Crippen molar-refractivity contribution in [3.05, 3.63) is 17.7 Å². The second-order valence-electron chi connectivity index (χ2n) is 6.45. The van der Waals surface area contributed by atoms with E-state index in [1.165, 1.54) is 7.11 Å². The van der Waals surface area contributed by atoms with Crippen LogP contribution in [-0.4, -0.2) is 65.4 Å². The Morgan fingerprint density at radius 2 is 1.75 bits per heavy atom. The van der Waals surface area contributed by atoms with Crippen molar-refractivity contribution in [3.63, 3.8) is 0 Å². The molecule has 1 heterocycles. The zero-order chi connectivity index (χ0) is 20.0. The van der Waals surface area contributed by atoms with E-state index in [1.807, 2.05) is 19.1 Å². The van der Waals surface area contributed by atoms with Gasteiger partial charge in [0.05, 0.1) is 34.4 Å². The fourth-order valence-electron chi connectivity index (χ4n) is 3.35. The lowest BCUT2D eigenvalue weighted by Gasteiger charge is -2.22. The fourth-order valence-corrected chi connectivity index (χ4v) is 3.35. The van der Waals surface area contributed by atoms with Gasteiger partial charge in [-0.05, 0) is 23.6 Å². The number of methoxy groups -OCH3 is 4. The number of carbonyl (C=O) groups excluding carboxylic acids is 1. The number of nitrogens with one attached hydrogen (secondary N) is 1. The smallest absolute Gasteiger partial charge is 0.310 e. The SMILES string of the molecule is CN=C(NCc1cc(OC)c(OC)c(OC)c1)N1CC(C)C(C(=O)OC)C1.I.